The Morgan fingerprint density at radius 1 is 1.43 bits per heavy atom. The van der Waals surface area contributed by atoms with E-state index in [4.69, 9.17) is 0 Å². The summed E-state index contributed by atoms with van der Waals surface area (Å²) in [5.41, 5.74) is 0.221. The Labute approximate surface area is 119 Å². The second-order valence-corrected chi connectivity index (χ2v) is 4.58. The van der Waals surface area contributed by atoms with E-state index in [0.717, 1.165) is 0 Å². The molecule has 0 fully saturated rings. The quantitative estimate of drug-likeness (QED) is 0.731. The monoisotopic (exact) mass is 290 g/mol. The van der Waals surface area contributed by atoms with E-state index in [9.17, 15) is 19.5 Å². The summed E-state index contributed by atoms with van der Waals surface area (Å²) in [6.07, 6.45) is 2.83. The van der Waals surface area contributed by atoms with Crippen molar-refractivity contribution in [2.24, 2.45) is 7.05 Å². The number of carboxylic acid groups (broad SMARTS) is 1. The van der Waals surface area contributed by atoms with E-state index in [2.05, 4.69) is 15.4 Å². The molecule has 0 aliphatic rings. The molecule has 1 atom stereocenters. The van der Waals surface area contributed by atoms with Gasteiger partial charge in [0.15, 0.2) is 6.04 Å². The summed E-state index contributed by atoms with van der Waals surface area (Å²) in [5.74, 6) is -1.99. The third-order valence-electron chi connectivity index (χ3n) is 2.88. The van der Waals surface area contributed by atoms with Gasteiger partial charge >= 0.3 is 5.97 Å². The predicted octanol–water partition coefficient (Wildman–Crippen LogP) is -0.0275. The molecule has 2 aromatic heterocycles. The lowest BCUT2D eigenvalue weighted by Gasteiger charge is -2.12. The lowest BCUT2D eigenvalue weighted by molar-refractivity contribution is -0.139. The molecule has 0 aliphatic carbocycles. The van der Waals surface area contributed by atoms with Gasteiger partial charge in [-0.15, -0.1) is 0 Å². The molecular formula is C13H14N4O4. The Bertz CT molecular complexity index is 747. The highest BCUT2D eigenvalue weighted by Crippen LogP contribution is 2.12. The predicted molar refractivity (Wildman–Crippen MR) is 72.9 cm³/mol. The van der Waals surface area contributed by atoms with Crippen LogP contribution < -0.4 is 10.9 Å². The van der Waals surface area contributed by atoms with Crippen LogP contribution >= 0.6 is 0 Å². The lowest BCUT2D eigenvalue weighted by Crippen LogP contribution is -2.36. The van der Waals surface area contributed by atoms with Gasteiger partial charge in [-0.25, -0.2) is 4.79 Å². The van der Waals surface area contributed by atoms with Crippen molar-refractivity contribution in [3.05, 3.63) is 51.7 Å². The largest absolute Gasteiger partial charge is 0.479 e. The number of pyridine rings is 1. The molecule has 2 aromatic rings. The average molecular weight is 290 g/mol. The number of aromatic nitrogens is 3. The molecule has 1 unspecified atom stereocenters. The molecule has 1 amide bonds. The second-order valence-electron chi connectivity index (χ2n) is 4.58. The Kier molecular flexibility index (Phi) is 3.88. The van der Waals surface area contributed by atoms with Gasteiger partial charge in [-0.05, 0) is 19.1 Å². The van der Waals surface area contributed by atoms with Crippen LogP contribution in [0.1, 0.15) is 27.7 Å². The number of H-pyrrole nitrogens is 1. The highest BCUT2D eigenvalue weighted by Gasteiger charge is 2.25. The fraction of sp³-hybridized carbons (Fsp3) is 0.231. The number of carbonyl (C=O) groups excluding carboxylic acids is 1. The van der Waals surface area contributed by atoms with E-state index >= 15 is 0 Å². The maximum Gasteiger partial charge on any atom is 0.331 e. The maximum atomic E-state index is 12.1. The Morgan fingerprint density at radius 2 is 2.14 bits per heavy atom. The minimum atomic E-state index is -1.27. The molecule has 21 heavy (non-hydrogen) atoms. The van der Waals surface area contributed by atoms with Gasteiger partial charge in [0.25, 0.3) is 11.5 Å². The number of hydrogen-bond donors (Lipinski definition) is 3. The number of aromatic amines is 1. The van der Waals surface area contributed by atoms with E-state index < -0.39 is 23.5 Å². The molecule has 2 rings (SSSR count). The van der Waals surface area contributed by atoms with Crippen molar-refractivity contribution in [2.75, 3.05) is 0 Å². The van der Waals surface area contributed by atoms with Gasteiger partial charge < -0.3 is 15.4 Å². The zero-order valence-corrected chi connectivity index (χ0v) is 11.5. The summed E-state index contributed by atoms with van der Waals surface area (Å²) < 4.78 is 1.43. The van der Waals surface area contributed by atoms with Crippen molar-refractivity contribution in [1.82, 2.24) is 20.1 Å². The van der Waals surface area contributed by atoms with Crippen LogP contribution in [0.3, 0.4) is 0 Å². The molecule has 3 N–H and O–H groups in total. The number of carboxylic acids is 1. The fourth-order valence-electron chi connectivity index (χ4n) is 1.84. The van der Waals surface area contributed by atoms with Crippen molar-refractivity contribution in [3.8, 4) is 0 Å². The van der Waals surface area contributed by atoms with E-state index in [-0.39, 0.29) is 5.56 Å². The number of aryl methyl sites for hydroxylation is 2. The highest BCUT2D eigenvalue weighted by atomic mass is 16.4. The van der Waals surface area contributed by atoms with Crippen LogP contribution in [-0.4, -0.2) is 31.7 Å². The molecule has 0 bridgehead atoms. The standard InChI is InChI=1S/C13H14N4O4/c1-7-3-4-9(11(18)15-7)12(19)16-10(13(20)21)8-5-14-17(2)6-8/h3-6,10H,1-2H3,(H,15,18)(H,16,19)(H,20,21). The zero-order chi connectivity index (χ0) is 15.6. The van der Waals surface area contributed by atoms with Crippen LogP contribution in [0.5, 0.6) is 0 Å². The summed E-state index contributed by atoms with van der Waals surface area (Å²) in [6.45, 7) is 1.68. The van der Waals surface area contributed by atoms with Crippen molar-refractivity contribution in [3.63, 3.8) is 0 Å². The molecule has 0 saturated carbocycles. The first kappa shape index (κ1) is 14.5. The molecular weight excluding hydrogens is 276 g/mol. The lowest BCUT2D eigenvalue weighted by atomic mass is 10.1. The minimum Gasteiger partial charge on any atom is -0.479 e. The van der Waals surface area contributed by atoms with Crippen LogP contribution in [-0.2, 0) is 11.8 Å². The van der Waals surface area contributed by atoms with E-state index in [1.54, 1.807) is 20.0 Å². The SMILES string of the molecule is Cc1ccc(C(=O)NC(C(=O)O)c2cnn(C)c2)c(=O)[nH]1. The normalized spacial score (nSPS) is 11.9. The molecule has 110 valence electrons. The first-order chi connectivity index (χ1) is 9.88. The number of hydrogen-bond acceptors (Lipinski definition) is 4. The minimum absolute atomic E-state index is 0.143. The van der Waals surface area contributed by atoms with Gasteiger partial charge in [0.2, 0.25) is 0 Å². The number of nitrogens with one attached hydrogen (secondary N) is 2. The summed E-state index contributed by atoms with van der Waals surface area (Å²) >= 11 is 0. The van der Waals surface area contributed by atoms with Gasteiger partial charge in [-0.2, -0.15) is 5.10 Å². The average Bonchev–Trinajstić information content (AvgIpc) is 2.81. The number of amides is 1. The van der Waals surface area contributed by atoms with Gasteiger partial charge in [-0.3, -0.25) is 14.3 Å². The van der Waals surface area contributed by atoms with Gasteiger partial charge in [-0.1, -0.05) is 0 Å². The molecule has 0 saturated heterocycles. The van der Waals surface area contributed by atoms with Crippen LogP contribution in [0.2, 0.25) is 0 Å². The Balaban J connectivity index is 2.27. The maximum absolute atomic E-state index is 12.1. The molecule has 8 nitrogen and oxygen atoms in total. The first-order valence-corrected chi connectivity index (χ1v) is 6.10. The van der Waals surface area contributed by atoms with Crippen molar-refractivity contribution in [2.45, 2.75) is 13.0 Å². The number of rotatable bonds is 4. The van der Waals surface area contributed by atoms with E-state index in [1.165, 1.54) is 23.1 Å². The Hall–Kier alpha value is -2.90. The molecule has 0 radical (unpaired) electrons. The van der Waals surface area contributed by atoms with Gasteiger partial charge in [0, 0.05) is 24.5 Å². The highest BCUT2D eigenvalue weighted by molar-refractivity contribution is 5.96. The van der Waals surface area contributed by atoms with Gasteiger partial charge in [0.05, 0.1) is 6.20 Å². The molecule has 2 heterocycles. The van der Waals surface area contributed by atoms with Crippen LogP contribution in [0, 0.1) is 6.92 Å². The van der Waals surface area contributed by atoms with Crippen LogP contribution in [0.25, 0.3) is 0 Å². The number of nitrogens with zero attached hydrogens (tertiary/aromatic N) is 2. The van der Waals surface area contributed by atoms with Crippen molar-refractivity contribution in [1.29, 1.82) is 0 Å². The third-order valence-corrected chi connectivity index (χ3v) is 2.88. The smallest absolute Gasteiger partial charge is 0.331 e. The summed E-state index contributed by atoms with van der Waals surface area (Å²) in [5, 5.41) is 15.4. The number of aliphatic carboxylic acids is 1. The van der Waals surface area contributed by atoms with E-state index in [1.807, 2.05) is 0 Å². The third kappa shape index (κ3) is 3.16. The summed E-state index contributed by atoms with van der Waals surface area (Å²) in [7, 11) is 1.63. The molecule has 0 aromatic carbocycles. The molecule has 0 spiro atoms. The summed E-state index contributed by atoms with van der Waals surface area (Å²) in [6, 6.07) is 1.65. The topological polar surface area (TPSA) is 117 Å². The van der Waals surface area contributed by atoms with Crippen LogP contribution in [0.15, 0.2) is 29.3 Å². The van der Waals surface area contributed by atoms with E-state index in [0.29, 0.717) is 11.3 Å². The van der Waals surface area contributed by atoms with Crippen molar-refractivity contribution < 1.29 is 14.7 Å². The fourth-order valence-corrected chi connectivity index (χ4v) is 1.84. The zero-order valence-electron chi connectivity index (χ0n) is 11.5. The van der Waals surface area contributed by atoms with Crippen LogP contribution in [0.4, 0.5) is 0 Å². The first-order valence-electron chi connectivity index (χ1n) is 6.10. The summed E-state index contributed by atoms with van der Waals surface area (Å²) in [4.78, 5) is 37.5. The molecule has 8 heteroatoms. The van der Waals surface area contributed by atoms with Gasteiger partial charge in [0.1, 0.15) is 5.56 Å². The second kappa shape index (κ2) is 5.61. The molecule has 0 aliphatic heterocycles. The van der Waals surface area contributed by atoms with Crippen molar-refractivity contribution >= 4 is 11.9 Å². The number of carbonyl (C=O) groups is 2. The Morgan fingerprint density at radius 3 is 2.67 bits per heavy atom.